The highest BCUT2D eigenvalue weighted by Crippen LogP contribution is 2.09. The molecule has 0 spiro atoms. The molecule has 1 aliphatic rings. The summed E-state index contributed by atoms with van der Waals surface area (Å²) < 4.78 is 12.9. The van der Waals surface area contributed by atoms with Gasteiger partial charge in [0.05, 0.1) is 0 Å². The minimum atomic E-state index is -1.03. The molecule has 1 aromatic carbocycles. The summed E-state index contributed by atoms with van der Waals surface area (Å²) in [6.45, 7) is 1.66. The Hall–Kier alpha value is -3.53. The zero-order valence-electron chi connectivity index (χ0n) is 14.4. The summed E-state index contributed by atoms with van der Waals surface area (Å²) >= 11 is 0. The highest BCUT2D eigenvalue weighted by Gasteiger charge is 2.20. The van der Waals surface area contributed by atoms with Crippen LogP contribution < -0.4 is 16.3 Å². The number of amidine groups is 1. The number of halogens is 1. The van der Waals surface area contributed by atoms with Crippen molar-refractivity contribution in [1.82, 2.24) is 26.4 Å². The van der Waals surface area contributed by atoms with Crippen LogP contribution in [0.4, 0.5) is 4.39 Å². The smallest absolute Gasteiger partial charge is 0.321 e. The predicted molar refractivity (Wildman–Crippen MR) is 93.7 cm³/mol. The van der Waals surface area contributed by atoms with Crippen molar-refractivity contribution in [2.45, 2.75) is 13.5 Å². The van der Waals surface area contributed by atoms with Gasteiger partial charge >= 0.3 is 5.97 Å². The second-order valence-corrected chi connectivity index (χ2v) is 5.84. The van der Waals surface area contributed by atoms with E-state index in [4.69, 9.17) is 5.11 Å². The Morgan fingerprint density at radius 3 is 2.70 bits per heavy atom. The number of pyridine rings is 1. The summed E-state index contributed by atoms with van der Waals surface area (Å²) in [4.78, 5) is 27.4. The second kappa shape index (κ2) is 7.79. The molecule has 0 aliphatic carbocycles. The van der Waals surface area contributed by atoms with Crippen LogP contribution in [0.2, 0.25) is 0 Å². The van der Waals surface area contributed by atoms with Gasteiger partial charge in [0.15, 0.2) is 5.84 Å². The number of aryl methyl sites for hydroxylation is 1. The third-order valence-electron chi connectivity index (χ3n) is 3.64. The fourth-order valence-electron chi connectivity index (χ4n) is 2.42. The zero-order valence-corrected chi connectivity index (χ0v) is 14.4. The van der Waals surface area contributed by atoms with Gasteiger partial charge in [-0.2, -0.15) is 0 Å². The Morgan fingerprint density at radius 1 is 1.26 bits per heavy atom. The minimum absolute atomic E-state index is 0.188. The van der Waals surface area contributed by atoms with Gasteiger partial charge in [0.25, 0.3) is 5.91 Å². The van der Waals surface area contributed by atoms with Crippen LogP contribution in [0.1, 0.15) is 27.3 Å². The average Bonchev–Trinajstić information content (AvgIpc) is 3.08. The van der Waals surface area contributed by atoms with Crippen molar-refractivity contribution in [2.24, 2.45) is 5.10 Å². The number of rotatable bonds is 6. The Balaban J connectivity index is 1.68. The average molecular weight is 372 g/mol. The van der Waals surface area contributed by atoms with Gasteiger partial charge in [-0.1, -0.05) is 12.1 Å². The lowest BCUT2D eigenvalue weighted by Gasteiger charge is -2.13. The number of aromatic nitrogens is 1. The van der Waals surface area contributed by atoms with Crippen molar-refractivity contribution in [2.75, 3.05) is 6.54 Å². The minimum Gasteiger partial charge on any atom is -0.480 e. The van der Waals surface area contributed by atoms with Crippen molar-refractivity contribution in [3.05, 3.63) is 64.7 Å². The van der Waals surface area contributed by atoms with Crippen LogP contribution in [0.3, 0.4) is 0 Å². The molecule has 27 heavy (non-hydrogen) atoms. The highest BCUT2D eigenvalue weighted by molar-refractivity contribution is 6.01. The van der Waals surface area contributed by atoms with Crippen LogP contribution >= 0.6 is 0 Å². The van der Waals surface area contributed by atoms with Gasteiger partial charge < -0.3 is 10.4 Å². The summed E-state index contributed by atoms with van der Waals surface area (Å²) in [5, 5.41) is 16.7. The molecule has 1 aromatic heterocycles. The van der Waals surface area contributed by atoms with E-state index in [1.807, 2.05) is 0 Å². The molecule has 3 rings (SSSR count). The number of hydrazone groups is 1. The molecule has 9 nitrogen and oxygen atoms in total. The topological polar surface area (TPSA) is 119 Å². The van der Waals surface area contributed by atoms with Gasteiger partial charge in [-0.05, 0) is 36.8 Å². The van der Waals surface area contributed by atoms with Crippen molar-refractivity contribution >= 4 is 17.7 Å². The lowest BCUT2D eigenvalue weighted by molar-refractivity contribution is -0.139. The number of carboxylic acid groups (broad SMARTS) is 1. The summed E-state index contributed by atoms with van der Waals surface area (Å²) in [7, 11) is 0. The first-order chi connectivity index (χ1) is 12.9. The first-order valence-corrected chi connectivity index (χ1v) is 8.02. The molecule has 2 aromatic rings. The summed E-state index contributed by atoms with van der Waals surface area (Å²) in [5.41, 5.74) is 7.45. The number of nitrogens with zero attached hydrogens (tertiary/aromatic N) is 3. The third kappa shape index (κ3) is 4.76. The first kappa shape index (κ1) is 18.3. The van der Waals surface area contributed by atoms with E-state index in [2.05, 4.69) is 26.4 Å². The van der Waals surface area contributed by atoms with Crippen LogP contribution in [0, 0.1) is 12.7 Å². The van der Waals surface area contributed by atoms with Crippen LogP contribution in [-0.2, 0) is 11.3 Å². The van der Waals surface area contributed by atoms with E-state index in [9.17, 15) is 14.0 Å². The van der Waals surface area contributed by atoms with E-state index in [-0.39, 0.29) is 24.6 Å². The van der Waals surface area contributed by atoms with Crippen LogP contribution in [0.25, 0.3) is 0 Å². The largest absolute Gasteiger partial charge is 0.480 e. The Labute approximate surface area is 153 Å². The lowest BCUT2D eigenvalue weighted by Crippen LogP contribution is -2.44. The zero-order chi connectivity index (χ0) is 19.4. The van der Waals surface area contributed by atoms with E-state index in [1.165, 1.54) is 17.3 Å². The molecule has 0 unspecified atom stereocenters. The van der Waals surface area contributed by atoms with Crippen LogP contribution in [0.5, 0.6) is 0 Å². The number of hydrazine groups is 2. The Kier molecular flexibility index (Phi) is 5.27. The molecule has 0 bridgehead atoms. The lowest BCUT2D eigenvalue weighted by atomic mass is 10.1. The van der Waals surface area contributed by atoms with Crippen LogP contribution in [0.15, 0.2) is 41.5 Å². The fraction of sp³-hybridized carbons (Fsp3) is 0.176. The van der Waals surface area contributed by atoms with Crippen molar-refractivity contribution < 1.29 is 19.1 Å². The van der Waals surface area contributed by atoms with Crippen molar-refractivity contribution in [3.8, 4) is 0 Å². The number of benzene rings is 1. The maximum absolute atomic E-state index is 12.9. The number of carboxylic acids is 1. The summed E-state index contributed by atoms with van der Waals surface area (Å²) in [6.07, 6.45) is 0. The second-order valence-electron chi connectivity index (χ2n) is 5.84. The molecule has 4 N–H and O–H groups in total. The Bertz CT molecular complexity index is 900. The Morgan fingerprint density at radius 2 is 2.00 bits per heavy atom. The van der Waals surface area contributed by atoms with E-state index >= 15 is 0 Å². The number of nitrogens with one attached hydrogen (secondary N) is 3. The number of carbonyl (C=O) groups is 2. The predicted octanol–water partition coefficient (Wildman–Crippen LogP) is 0.530. The van der Waals surface area contributed by atoms with E-state index < -0.39 is 11.9 Å². The van der Waals surface area contributed by atoms with Gasteiger partial charge in [0.1, 0.15) is 18.1 Å². The number of aliphatic carboxylic acids is 1. The van der Waals surface area contributed by atoms with Crippen LogP contribution in [-0.4, -0.2) is 39.5 Å². The molecule has 140 valence electrons. The van der Waals surface area contributed by atoms with Crippen molar-refractivity contribution in [1.29, 1.82) is 0 Å². The van der Waals surface area contributed by atoms with Crippen molar-refractivity contribution in [3.63, 3.8) is 0 Å². The standard InChI is InChI=1S/C17H17FN6O3/c1-10-6-12(16-21-23-24(22-16)9-15(25)26)7-14(20-10)17(27)19-8-11-2-4-13(18)5-3-11/h2-7,23H,8-9H2,1H3,(H,19,27)(H,21,22)(H,25,26). The molecule has 10 heteroatoms. The molecule has 0 atom stereocenters. The summed E-state index contributed by atoms with van der Waals surface area (Å²) in [5.74, 6) is -1.39. The fourth-order valence-corrected chi connectivity index (χ4v) is 2.42. The highest BCUT2D eigenvalue weighted by atomic mass is 19.1. The monoisotopic (exact) mass is 372 g/mol. The SMILES string of the molecule is Cc1cc(C2=NNN(CC(=O)O)N2)cc(C(=O)NCc2ccc(F)cc2)n1. The molecule has 0 radical (unpaired) electrons. The summed E-state index contributed by atoms with van der Waals surface area (Å²) in [6, 6.07) is 9.09. The molecule has 1 aliphatic heterocycles. The molecule has 0 saturated heterocycles. The molecule has 0 saturated carbocycles. The van der Waals surface area contributed by atoms with Gasteiger partial charge in [-0.25, -0.2) is 14.9 Å². The number of hydrogen-bond donors (Lipinski definition) is 4. The maximum Gasteiger partial charge on any atom is 0.321 e. The van der Waals surface area contributed by atoms with Gasteiger partial charge in [-0.15, -0.1) is 10.2 Å². The van der Waals surface area contributed by atoms with Gasteiger partial charge in [0.2, 0.25) is 0 Å². The molecular formula is C17H17FN6O3. The quantitative estimate of drug-likeness (QED) is 0.584. The normalized spacial score (nSPS) is 13.5. The van der Waals surface area contributed by atoms with Gasteiger partial charge in [0, 0.05) is 17.8 Å². The van der Waals surface area contributed by atoms with E-state index in [0.29, 0.717) is 17.1 Å². The maximum atomic E-state index is 12.9. The van der Waals surface area contributed by atoms with E-state index in [1.54, 1.807) is 31.2 Å². The van der Waals surface area contributed by atoms with Gasteiger partial charge in [-0.3, -0.25) is 15.0 Å². The molecular weight excluding hydrogens is 355 g/mol. The number of hydrogen-bond acceptors (Lipinski definition) is 7. The molecule has 1 amide bonds. The third-order valence-corrected chi connectivity index (χ3v) is 3.64. The van der Waals surface area contributed by atoms with E-state index in [0.717, 1.165) is 5.56 Å². The molecule has 2 heterocycles. The first-order valence-electron chi connectivity index (χ1n) is 8.02. The molecule has 0 fully saturated rings. The number of amides is 1. The number of carbonyl (C=O) groups excluding carboxylic acids is 1.